The van der Waals surface area contributed by atoms with Gasteiger partial charge in [-0.1, -0.05) is 0 Å². The molecule has 0 spiro atoms. The first-order valence-electron chi connectivity index (χ1n) is 6.81. The zero-order valence-electron chi connectivity index (χ0n) is 11.7. The van der Waals surface area contributed by atoms with Gasteiger partial charge >= 0.3 is 0 Å². The SMILES string of the molecule is COCCNCC1CCCN1c1cc(C)c(Br)cn1. The van der Waals surface area contributed by atoms with Gasteiger partial charge < -0.3 is 15.0 Å². The van der Waals surface area contributed by atoms with Gasteiger partial charge in [0.1, 0.15) is 5.82 Å². The monoisotopic (exact) mass is 327 g/mol. The highest BCUT2D eigenvalue weighted by Gasteiger charge is 2.25. The summed E-state index contributed by atoms with van der Waals surface area (Å²) >= 11 is 3.50. The van der Waals surface area contributed by atoms with E-state index in [1.54, 1.807) is 7.11 Å². The third kappa shape index (κ3) is 3.91. The van der Waals surface area contributed by atoms with E-state index in [0.29, 0.717) is 6.04 Å². The highest BCUT2D eigenvalue weighted by Crippen LogP contribution is 2.26. The molecule has 5 heteroatoms. The standard InChI is InChI=1S/C14H22BrN3O/c1-11-8-14(17-10-13(11)15)18-6-3-4-12(18)9-16-5-7-19-2/h8,10,12,16H,3-7,9H2,1-2H3. The maximum absolute atomic E-state index is 5.05. The Bertz CT molecular complexity index is 414. The minimum absolute atomic E-state index is 0.546. The smallest absolute Gasteiger partial charge is 0.129 e. The van der Waals surface area contributed by atoms with Gasteiger partial charge in [0.2, 0.25) is 0 Å². The Morgan fingerprint density at radius 2 is 2.42 bits per heavy atom. The van der Waals surface area contributed by atoms with Gasteiger partial charge in [-0.25, -0.2) is 4.98 Å². The zero-order chi connectivity index (χ0) is 13.7. The number of nitrogens with one attached hydrogen (secondary N) is 1. The summed E-state index contributed by atoms with van der Waals surface area (Å²) in [4.78, 5) is 6.96. The van der Waals surface area contributed by atoms with Crippen molar-refractivity contribution in [2.75, 3.05) is 38.3 Å². The summed E-state index contributed by atoms with van der Waals surface area (Å²) in [5.74, 6) is 1.09. The third-order valence-electron chi connectivity index (χ3n) is 3.57. The van der Waals surface area contributed by atoms with Crippen LogP contribution in [-0.4, -0.2) is 44.4 Å². The van der Waals surface area contributed by atoms with Crippen molar-refractivity contribution in [2.45, 2.75) is 25.8 Å². The minimum atomic E-state index is 0.546. The number of hydrogen-bond acceptors (Lipinski definition) is 4. The van der Waals surface area contributed by atoms with E-state index in [-0.39, 0.29) is 0 Å². The average Bonchev–Trinajstić information content (AvgIpc) is 2.86. The summed E-state index contributed by atoms with van der Waals surface area (Å²) in [6.45, 7) is 5.89. The molecule has 0 aromatic carbocycles. The van der Waals surface area contributed by atoms with Gasteiger partial charge in [-0.3, -0.25) is 0 Å². The van der Waals surface area contributed by atoms with Crippen molar-refractivity contribution in [3.8, 4) is 0 Å². The minimum Gasteiger partial charge on any atom is -0.383 e. The summed E-state index contributed by atoms with van der Waals surface area (Å²) in [5, 5.41) is 3.45. The molecule has 1 aromatic heterocycles. The highest BCUT2D eigenvalue weighted by molar-refractivity contribution is 9.10. The molecule has 4 nitrogen and oxygen atoms in total. The second-order valence-corrected chi connectivity index (χ2v) is 5.83. The second kappa shape index (κ2) is 7.22. The first-order chi connectivity index (χ1) is 9.22. The van der Waals surface area contributed by atoms with Gasteiger partial charge in [-0.05, 0) is 47.3 Å². The molecule has 1 aromatic rings. The van der Waals surface area contributed by atoms with Crippen LogP contribution in [0.25, 0.3) is 0 Å². The third-order valence-corrected chi connectivity index (χ3v) is 4.40. The Morgan fingerprint density at radius 3 is 3.16 bits per heavy atom. The number of rotatable bonds is 6. The lowest BCUT2D eigenvalue weighted by atomic mass is 10.2. The number of pyridine rings is 1. The van der Waals surface area contributed by atoms with Gasteiger partial charge in [0.25, 0.3) is 0 Å². The quantitative estimate of drug-likeness (QED) is 0.814. The fourth-order valence-corrected chi connectivity index (χ4v) is 2.69. The van der Waals surface area contributed by atoms with E-state index in [4.69, 9.17) is 4.74 Å². The van der Waals surface area contributed by atoms with Crippen LogP contribution in [0.4, 0.5) is 5.82 Å². The van der Waals surface area contributed by atoms with E-state index in [2.05, 4.69) is 44.1 Å². The molecule has 1 fully saturated rings. The molecule has 1 atom stereocenters. The van der Waals surface area contributed by atoms with Crippen LogP contribution in [0.5, 0.6) is 0 Å². The van der Waals surface area contributed by atoms with Gasteiger partial charge in [0.15, 0.2) is 0 Å². The molecule has 19 heavy (non-hydrogen) atoms. The zero-order valence-corrected chi connectivity index (χ0v) is 13.2. The summed E-state index contributed by atoms with van der Waals surface area (Å²) in [6, 6.07) is 2.71. The number of halogens is 1. The molecular weight excluding hydrogens is 306 g/mol. The van der Waals surface area contributed by atoms with Crippen LogP contribution in [-0.2, 0) is 4.74 Å². The molecule has 106 valence electrons. The van der Waals surface area contributed by atoms with Crippen molar-refractivity contribution in [3.63, 3.8) is 0 Å². The number of methoxy groups -OCH3 is 1. The summed E-state index contributed by atoms with van der Waals surface area (Å²) in [6.07, 6.45) is 4.38. The number of aromatic nitrogens is 1. The van der Waals surface area contributed by atoms with Crippen molar-refractivity contribution in [1.82, 2.24) is 10.3 Å². The molecule has 1 unspecified atom stereocenters. The van der Waals surface area contributed by atoms with Gasteiger partial charge in [-0.2, -0.15) is 0 Å². The first kappa shape index (κ1) is 14.8. The summed E-state index contributed by atoms with van der Waals surface area (Å²) < 4.78 is 6.13. The molecule has 0 aliphatic carbocycles. The van der Waals surface area contributed by atoms with Crippen LogP contribution in [0, 0.1) is 6.92 Å². The Kier molecular flexibility index (Phi) is 5.60. The summed E-state index contributed by atoms with van der Waals surface area (Å²) in [7, 11) is 1.73. The van der Waals surface area contributed by atoms with E-state index < -0.39 is 0 Å². The number of anilines is 1. The molecule has 0 bridgehead atoms. The normalized spacial score (nSPS) is 19.1. The lowest BCUT2D eigenvalue weighted by Gasteiger charge is -2.26. The van der Waals surface area contributed by atoms with E-state index in [1.165, 1.54) is 18.4 Å². The van der Waals surface area contributed by atoms with Gasteiger partial charge in [-0.15, -0.1) is 0 Å². The first-order valence-corrected chi connectivity index (χ1v) is 7.60. The fraction of sp³-hybridized carbons (Fsp3) is 0.643. The lowest BCUT2D eigenvalue weighted by molar-refractivity contribution is 0.199. The van der Waals surface area contributed by atoms with E-state index in [1.807, 2.05) is 6.20 Å². The Labute approximate surface area is 123 Å². The van der Waals surface area contributed by atoms with Gasteiger partial charge in [0.05, 0.1) is 6.61 Å². The molecular formula is C14H22BrN3O. The molecule has 1 aliphatic rings. The number of ether oxygens (including phenoxy) is 1. The van der Waals surface area contributed by atoms with Crippen LogP contribution in [0.3, 0.4) is 0 Å². The molecule has 0 saturated carbocycles. The van der Waals surface area contributed by atoms with Crippen LogP contribution >= 0.6 is 15.9 Å². The van der Waals surface area contributed by atoms with Crippen molar-refractivity contribution in [2.24, 2.45) is 0 Å². The van der Waals surface area contributed by atoms with E-state index in [0.717, 1.165) is 36.5 Å². The molecule has 2 rings (SSSR count). The molecule has 1 N–H and O–H groups in total. The number of aryl methyl sites for hydroxylation is 1. The van der Waals surface area contributed by atoms with E-state index in [9.17, 15) is 0 Å². The fourth-order valence-electron chi connectivity index (χ4n) is 2.47. The van der Waals surface area contributed by atoms with Crippen LogP contribution in [0.15, 0.2) is 16.7 Å². The van der Waals surface area contributed by atoms with E-state index >= 15 is 0 Å². The Morgan fingerprint density at radius 1 is 1.58 bits per heavy atom. The topological polar surface area (TPSA) is 37.4 Å². The van der Waals surface area contributed by atoms with Crippen LogP contribution in [0.2, 0.25) is 0 Å². The Hall–Kier alpha value is -0.650. The Balaban J connectivity index is 1.95. The predicted octanol–water partition coefficient (Wildman–Crippen LogP) is 2.36. The summed E-state index contributed by atoms with van der Waals surface area (Å²) in [5.41, 5.74) is 1.24. The largest absolute Gasteiger partial charge is 0.383 e. The molecule has 1 aliphatic heterocycles. The molecule has 0 amide bonds. The maximum Gasteiger partial charge on any atom is 0.129 e. The van der Waals surface area contributed by atoms with Crippen LogP contribution < -0.4 is 10.2 Å². The number of nitrogens with zero attached hydrogens (tertiary/aromatic N) is 2. The van der Waals surface area contributed by atoms with Crippen molar-refractivity contribution in [3.05, 3.63) is 22.3 Å². The van der Waals surface area contributed by atoms with Crippen molar-refractivity contribution >= 4 is 21.7 Å². The van der Waals surface area contributed by atoms with Crippen molar-refractivity contribution < 1.29 is 4.74 Å². The molecule has 2 heterocycles. The number of hydrogen-bond donors (Lipinski definition) is 1. The van der Waals surface area contributed by atoms with Crippen LogP contribution in [0.1, 0.15) is 18.4 Å². The second-order valence-electron chi connectivity index (χ2n) is 4.98. The maximum atomic E-state index is 5.05. The highest BCUT2D eigenvalue weighted by atomic mass is 79.9. The van der Waals surface area contributed by atoms with Gasteiger partial charge in [0, 0.05) is 43.5 Å². The average molecular weight is 328 g/mol. The van der Waals surface area contributed by atoms with Crippen molar-refractivity contribution in [1.29, 1.82) is 0 Å². The predicted molar refractivity (Wildman–Crippen MR) is 81.8 cm³/mol. The lowest BCUT2D eigenvalue weighted by Crippen LogP contribution is -2.39. The molecule has 1 saturated heterocycles. The molecule has 0 radical (unpaired) electrons.